The fraction of sp³-hybridized carbons (Fsp3) is 0.464. The lowest BCUT2D eigenvalue weighted by atomic mass is 9.74. The van der Waals surface area contributed by atoms with Gasteiger partial charge >= 0.3 is 0 Å². The topological polar surface area (TPSA) is 50.8 Å². The maximum atomic E-state index is 12.6. The first-order valence-corrected chi connectivity index (χ1v) is 12.1. The highest BCUT2D eigenvalue weighted by Gasteiger charge is 2.57. The smallest absolute Gasteiger partial charge is 0.223 e. The molecular weight excluding hydrogens is 412 g/mol. The Morgan fingerprint density at radius 3 is 2.67 bits per heavy atom. The van der Waals surface area contributed by atoms with Gasteiger partial charge in [0.1, 0.15) is 5.66 Å². The summed E-state index contributed by atoms with van der Waals surface area (Å²) in [7, 11) is 0. The van der Waals surface area contributed by atoms with E-state index in [1.807, 2.05) is 25.1 Å². The Labute approximate surface area is 197 Å². The Bertz CT molecular complexity index is 1060. The zero-order valence-electron chi connectivity index (χ0n) is 20.5. The number of nitrogens with one attached hydrogen (secondary N) is 1. The zero-order valence-corrected chi connectivity index (χ0v) is 20.5. The number of carbonyl (C=O) groups is 1. The first kappa shape index (κ1) is 23.2. The van der Waals surface area contributed by atoms with E-state index in [4.69, 9.17) is 9.47 Å². The van der Waals surface area contributed by atoms with E-state index in [2.05, 4.69) is 68.3 Å². The number of fused-ring (bicyclic) bond motifs is 3. The molecule has 1 amide bonds. The van der Waals surface area contributed by atoms with Gasteiger partial charge in [0.05, 0.1) is 13.2 Å². The second kappa shape index (κ2) is 9.12. The largest absolute Gasteiger partial charge is 0.490 e. The van der Waals surface area contributed by atoms with E-state index in [1.165, 1.54) is 16.8 Å². The van der Waals surface area contributed by atoms with Crippen molar-refractivity contribution in [1.29, 1.82) is 0 Å². The van der Waals surface area contributed by atoms with Crippen LogP contribution < -0.4 is 19.7 Å². The molecule has 1 atom stereocenters. The van der Waals surface area contributed by atoms with E-state index < -0.39 is 5.66 Å². The monoisotopic (exact) mass is 448 g/mol. The van der Waals surface area contributed by atoms with Crippen LogP contribution in [-0.4, -0.2) is 31.3 Å². The summed E-state index contributed by atoms with van der Waals surface area (Å²) in [4.78, 5) is 15.0. The number of nitrogens with zero attached hydrogens (tertiary/aromatic N) is 1. The van der Waals surface area contributed by atoms with E-state index in [1.54, 1.807) is 0 Å². The summed E-state index contributed by atoms with van der Waals surface area (Å²) in [5, 5.41) is 3.35. The van der Waals surface area contributed by atoms with Crippen LogP contribution in [0.15, 0.2) is 42.5 Å². The summed E-state index contributed by atoms with van der Waals surface area (Å²) in [5.41, 5.74) is 3.78. The first-order chi connectivity index (χ1) is 15.8. The van der Waals surface area contributed by atoms with Crippen LogP contribution >= 0.6 is 0 Å². The molecule has 176 valence electrons. The highest BCUT2D eigenvalue weighted by molar-refractivity contribution is 5.84. The molecule has 2 aromatic carbocycles. The Morgan fingerprint density at radius 2 is 1.91 bits per heavy atom. The minimum atomic E-state index is -0.624. The number of benzene rings is 2. The third kappa shape index (κ3) is 4.09. The van der Waals surface area contributed by atoms with E-state index in [9.17, 15) is 4.79 Å². The van der Waals surface area contributed by atoms with Crippen molar-refractivity contribution in [3.8, 4) is 11.5 Å². The van der Waals surface area contributed by atoms with Crippen molar-refractivity contribution in [2.24, 2.45) is 0 Å². The summed E-state index contributed by atoms with van der Waals surface area (Å²) in [5.74, 6) is 1.61. The number of carbonyl (C=O) groups excluding carboxylic acids is 1. The van der Waals surface area contributed by atoms with Crippen molar-refractivity contribution in [1.82, 2.24) is 5.32 Å². The average molecular weight is 449 g/mol. The molecule has 0 aliphatic carbocycles. The first-order valence-electron chi connectivity index (χ1n) is 12.1. The second-order valence-corrected chi connectivity index (χ2v) is 9.54. The second-order valence-electron chi connectivity index (χ2n) is 9.54. The molecule has 1 unspecified atom stereocenters. The number of hydrogen-bond acceptors (Lipinski definition) is 4. The van der Waals surface area contributed by atoms with Crippen molar-refractivity contribution in [2.45, 2.75) is 65.0 Å². The summed E-state index contributed by atoms with van der Waals surface area (Å²) < 4.78 is 11.8. The van der Waals surface area contributed by atoms with Crippen molar-refractivity contribution >= 4 is 17.7 Å². The number of amides is 1. The average Bonchev–Trinajstić information content (AvgIpc) is 2.97. The Kier molecular flexibility index (Phi) is 6.42. The van der Waals surface area contributed by atoms with Crippen molar-refractivity contribution in [3.63, 3.8) is 0 Å². The van der Waals surface area contributed by atoms with Crippen LogP contribution in [0.4, 0.5) is 5.69 Å². The fourth-order valence-electron chi connectivity index (χ4n) is 5.03. The predicted octanol–water partition coefficient (Wildman–Crippen LogP) is 5.60. The number of anilines is 1. The fourth-order valence-corrected chi connectivity index (χ4v) is 5.03. The third-order valence-corrected chi connectivity index (χ3v) is 6.93. The lowest BCUT2D eigenvalue weighted by molar-refractivity contribution is -0.124. The molecule has 5 heteroatoms. The molecule has 0 spiro atoms. The molecule has 1 N–H and O–H groups in total. The molecule has 0 saturated carbocycles. The van der Waals surface area contributed by atoms with Gasteiger partial charge in [0.15, 0.2) is 11.5 Å². The number of rotatable bonds is 8. The van der Waals surface area contributed by atoms with Gasteiger partial charge in [0, 0.05) is 24.1 Å². The summed E-state index contributed by atoms with van der Waals surface area (Å²) in [6, 6.07) is 12.6. The van der Waals surface area contributed by atoms with E-state index >= 15 is 0 Å². The van der Waals surface area contributed by atoms with Crippen molar-refractivity contribution < 1.29 is 14.3 Å². The van der Waals surface area contributed by atoms with Crippen LogP contribution in [0.2, 0.25) is 0 Å². The highest BCUT2D eigenvalue weighted by atomic mass is 16.5. The van der Waals surface area contributed by atoms with Gasteiger partial charge in [0.25, 0.3) is 0 Å². The van der Waals surface area contributed by atoms with Gasteiger partial charge in [-0.2, -0.15) is 0 Å². The Balaban J connectivity index is 1.71. The van der Waals surface area contributed by atoms with Crippen LogP contribution in [0.3, 0.4) is 0 Å². The van der Waals surface area contributed by atoms with Gasteiger partial charge in [-0.05, 0) is 55.7 Å². The summed E-state index contributed by atoms with van der Waals surface area (Å²) >= 11 is 0. The number of ether oxygens (including phenoxy) is 2. The van der Waals surface area contributed by atoms with Gasteiger partial charge in [-0.25, -0.2) is 0 Å². The maximum Gasteiger partial charge on any atom is 0.223 e. The molecule has 5 nitrogen and oxygen atoms in total. The molecule has 0 bridgehead atoms. The van der Waals surface area contributed by atoms with Gasteiger partial charge in [-0.3, -0.25) is 4.79 Å². The lowest BCUT2D eigenvalue weighted by Gasteiger charge is -2.49. The minimum Gasteiger partial charge on any atom is -0.490 e. The van der Waals surface area contributed by atoms with Crippen molar-refractivity contribution in [3.05, 3.63) is 59.2 Å². The van der Waals surface area contributed by atoms with Gasteiger partial charge in [-0.15, -0.1) is 0 Å². The number of unbranched alkanes of at least 4 members (excludes halogenated alkanes) is 1. The summed E-state index contributed by atoms with van der Waals surface area (Å²) in [6.07, 6.45) is 6.85. The Morgan fingerprint density at radius 1 is 1.09 bits per heavy atom. The van der Waals surface area contributed by atoms with E-state index in [0.29, 0.717) is 26.2 Å². The standard InChI is InChI=1S/C28H36N2O3/c1-6-8-17-33-24-12-10-21(19-25(24)32-7-2)13-15-28-27(4,5)22-18-20(3)9-11-23(22)30(28)16-14-26(31)29-28/h9-13,15,18-19H,6-8,14,16-17H2,1-5H3,(H,29,31). The van der Waals surface area contributed by atoms with E-state index in [0.717, 1.165) is 29.9 Å². The molecule has 0 aromatic heterocycles. The SMILES string of the molecule is CCCCOc1ccc(C=CC23NC(=O)CCN2c2ccc(C)cc2C3(C)C)cc1OCC. The van der Waals surface area contributed by atoms with E-state index in [-0.39, 0.29) is 11.3 Å². The summed E-state index contributed by atoms with van der Waals surface area (Å²) in [6.45, 7) is 12.6. The molecule has 2 heterocycles. The normalized spacial score (nSPS) is 21.0. The highest BCUT2D eigenvalue weighted by Crippen LogP contribution is 2.52. The molecule has 0 radical (unpaired) electrons. The molecule has 33 heavy (non-hydrogen) atoms. The number of aryl methyl sites for hydroxylation is 1. The maximum absolute atomic E-state index is 12.6. The Hall–Kier alpha value is -2.95. The van der Waals surface area contributed by atoms with Gasteiger partial charge in [0.2, 0.25) is 5.91 Å². The lowest BCUT2D eigenvalue weighted by Crippen LogP contribution is -2.68. The van der Waals surface area contributed by atoms with Crippen LogP contribution in [0.1, 0.15) is 63.6 Å². The predicted molar refractivity (Wildman–Crippen MR) is 134 cm³/mol. The third-order valence-electron chi connectivity index (χ3n) is 6.93. The molecule has 2 aromatic rings. The molecule has 1 saturated heterocycles. The zero-order chi connectivity index (χ0) is 23.6. The quantitative estimate of drug-likeness (QED) is 0.534. The van der Waals surface area contributed by atoms with Crippen LogP contribution in [0.25, 0.3) is 6.08 Å². The van der Waals surface area contributed by atoms with Gasteiger partial charge in [-0.1, -0.05) is 57.0 Å². The van der Waals surface area contributed by atoms with Crippen molar-refractivity contribution in [2.75, 3.05) is 24.7 Å². The molecule has 4 rings (SSSR count). The molecule has 1 fully saturated rings. The molecule has 2 aliphatic rings. The minimum absolute atomic E-state index is 0.0863. The van der Waals surface area contributed by atoms with Crippen LogP contribution in [-0.2, 0) is 10.2 Å². The molecule has 2 aliphatic heterocycles. The molecular formula is C28H36N2O3. The van der Waals surface area contributed by atoms with Crippen LogP contribution in [0.5, 0.6) is 11.5 Å². The van der Waals surface area contributed by atoms with Crippen LogP contribution in [0, 0.1) is 6.92 Å². The number of hydrogen-bond donors (Lipinski definition) is 1. The van der Waals surface area contributed by atoms with Gasteiger partial charge < -0.3 is 19.7 Å².